The Bertz CT molecular complexity index is 1190. The Labute approximate surface area is 191 Å². The number of alkyl halides is 1. The summed E-state index contributed by atoms with van der Waals surface area (Å²) in [6.07, 6.45) is 5.31. The zero-order valence-corrected chi connectivity index (χ0v) is 18.1. The molecule has 6 rings (SSSR count). The minimum atomic E-state index is -0.776. The second-order valence-electron chi connectivity index (χ2n) is 8.70. The molecule has 3 aliphatic heterocycles. The first-order valence-electron chi connectivity index (χ1n) is 11.3. The molecular formula is C24H24FN7O. The van der Waals surface area contributed by atoms with Gasteiger partial charge in [0.25, 0.3) is 0 Å². The van der Waals surface area contributed by atoms with E-state index in [1.54, 1.807) is 17.3 Å². The highest BCUT2D eigenvalue weighted by atomic mass is 19.1. The second-order valence-corrected chi connectivity index (χ2v) is 8.70. The number of aromatic nitrogens is 3. The van der Waals surface area contributed by atoms with Crippen LogP contribution in [0, 0.1) is 0 Å². The third-order valence-corrected chi connectivity index (χ3v) is 6.61. The zero-order valence-electron chi connectivity index (χ0n) is 18.1. The van der Waals surface area contributed by atoms with Gasteiger partial charge < -0.3 is 9.80 Å². The van der Waals surface area contributed by atoms with Gasteiger partial charge in [0.1, 0.15) is 6.17 Å². The van der Waals surface area contributed by atoms with Crippen molar-refractivity contribution in [3.05, 3.63) is 55.0 Å². The van der Waals surface area contributed by atoms with Gasteiger partial charge in [-0.3, -0.25) is 15.2 Å². The number of halogens is 1. The standard InChI is InChI=1S/C24H24FN7O/c25-17-6-10-30(14-17)18-3-1-2-16(12-18)20-4-5-21-23(28-20)32(19-7-11-31(21)15-19)24(33)29-22-13-26-8-9-27-22/h1-5,8-9,12-13,17,19H,6-7,10-11,14-15H2,(H,27,29,33)/t17?,19-/m0/s1. The van der Waals surface area contributed by atoms with E-state index in [0.717, 1.165) is 48.7 Å². The maximum atomic E-state index is 13.7. The molecule has 33 heavy (non-hydrogen) atoms. The molecule has 9 heteroatoms. The summed E-state index contributed by atoms with van der Waals surface area (Å²) in [7, 11) is 0. The summed E-state index contributed by atoms with van der Waals surface area (Å²) in [6.45, 7) is 2.82. The summed E-state index contributed by atoms with van der Waals surface area (Å²) < 4.78 is 13.7. The van der Waals surface area contributed by atoms with Crippen molar-refractivity contribution >= 4 is 29.0 Å². The largest absolute Gasteiger partial charge is 0.368 e. The van der Waals surface area contributed by atoms with E-state index in [-0.39, 0.29) is 12.1 Å². The number of carbonyl (C=O) groups is 1. The van der Waals surface area contributed by atoms with E-state index in [2.05, 4.69) is 31.2 Å². The second kappa shape index (κ2) is 7.99. The van der Waals surface area contributed by atoms with Gasteiger partial charge in [-0.1, -0.05) is 12.1 Å². The lowest BCUT2D eigenvalue weighted by atomic mass is 10.1. The molecule has 2 atom stereocenters. The molecule has 2 amide bonds. The maximum absolute atomic E-state index is 13.7. The zero-order chi connectivity index (χ0) is 22.4. The minimum Gasteiger partial charge on any atom is -0.368 e. The average molecular weight is 446 g/mol. The fourth-order valence-corrected chi connectivity index (χ4v) is 4.98. The molecule has 5 heterocycles. The highest BCUT2D eigenvalue weighted by Crippen LogP contribution is 2.40. The number of carbonyl (C=O) groups excluding carboxylic acids is 1. The highest BCUT2D eigenvalue weighted by Gasteiger charge is 2.40. The topological polar surface area (TPSA) is 77.5 Å². The van der Waals surface area contributed by atoms with Crippen molar-refractivity contribution in [2.24, 2.45) is 0 Å². The first-order chi connectivity index (χ1) is 16.2. The van der Waals surface area contributed by atoms with Crippen LogP contribution in [0.25, 0.3) is 11.3 Å². The van der Waals surface area contributed by atoms with E-state index >= 15 is 0 Å². The van der Waals surface area contributed by atoms with Crippen molar-refractivity contribution in [3.8, 4) is 11.3 Å². The molecule has 1 unspecified atom stereocenters. The third-order valence-electron chi connectivity index (χ3n) is 6.61. The quantitative estimate of drug-likeness (QED) is 0.662. The van der Waals surface area contributed by atoms with Crippen LogP contribution in [0.5, 0.6) is 0 Å². The molecule has 0 saturated carbocycles. The molecule has 0 radical (unpaired) electrons. The summed E-state index contributed by atoms with van der Waals surface area (Å²) in [5.41, 5.74) is 3.68. The lowest BCUT2D eigenvalue weighted by molar-refractivity contribution is 0.254. The third kappa shape index (κ3) is 3.63. The normalized spacial score (nSPS) is 21.3. The van der Waals surface area contributed by atoms with Crippen molar-refractivity contribution in [1.29, 1.82) is 0 Å². The van der Waals surface area contributed by atoms with Crippen molar-refractivity contribution in [2.45, 2.75) is 25.1 Å². The number of benzene rings is 1. The Morgan fingerprint density at radius 1 is 1.06 bits per heavy atom. The Hall–Kier alpha value is -3.75. The monoisotopic (exact) mass is 445 g/mol. The lowest BCUT2D eigenvalue weighted by Gasteiger charge is -2.35. The SMILES string of the molecule is O=C(Nc1cnccn1)N1c2nc(-c3cccc(N4CCC(F)C4)c3)ccc2N2CC[C@H]1C2. The summed E-state index contributed by atoms with van der Waals surface area (Å²) in [5, 5.41) is 2.86. The van der Waals surface area contributed by atoms with Crippen molar-refractivity contribution in [2.75, 3.05) is 46.2 Å². The Morgan fingerprint density at radius 2 is 1.97 bits per heavy atom. The van der Waals surface area contributed by atoms with Gasteiger partial charge in [0.05, 0.1) is 23.6 Å². The molecule has 2 aromatic heterocycles. The molecule has 3 aliphatic rings. The number of hydrogen-bond donors (Lipinski definition) is 1. The maximum Gasteiger partial charge on any atom is 0.329 e. The van der Waals surface area contributed by atoms with E-state index in [9.17, 15) is 9.18 Å². The van der Waals surface area contributed by atoms with Gasteiger partial charge in [-0.25, -0.2) is 19.2 Å². The number of nitrogens with one attached hydrogen (secondary N) is 1. The summed E-state index contributed by atoms with van der Waals surface area (Å²) in [4.78, 5) is 32.5. The number of pyridine rings is 1. The predicted molar refractivity (Wildman–Crippen MR) is 126 cm³/mol. The molecule has 1 aromatic carbocycles. The Morgan fingerprint density at radius 3 is 2.79 bits per heavy atom. The minimum absolute atomic E-state index is 0.0503. The first kappa shape index (κ1) is 19.9. The molecule has 2 fully saturated rings. The van der Waals surface area contributed by atoms with E-state index in [1.165, 1.54) is 6.20 Å². The van der Waals surface area contributed by atoms with Crippen LogP contribution in [-0.2, 0) is 0 Å². The average Bonchev–Trinajstić information content (AvgIpc) is 3.47. The molecule has 8 nitrogen and oxygen atoms in total. The van der Waals surface area contributed by atoms with Crippen molar-refractivity contribution in [1.82, 2.24) is 15.0 Å². The molecule has 0 spiro atoms. The molecule has 0 aliphatic carbocycles. The van der Waals surface area contributed by atoms with Crippen LogP contribution in [0.15, 0.2) is 55.0 Å². The van der Waals surface area contributed by atoms with Crippen LogP contribution < -0.4 is 20.0 Å². The Balaban J connectivity index is 1.34. The van der Waals surface area contributed by atoms with Gasteiger partial charge in [-0.05, 0) is 37.1 Å². The summed E-state index contributed by atoms with van der Waals surface area (Å²) in [6, 6.07) is 11.9. The van der Waals surface area contributed by atoms with E-state index < -0.39 is 6.17 Å². The number of nitrogens with zero attached hydrogens (tertiary/aromatic N) is 6. The number of fused-ring (bicyclic) bond motifs is 4. The number of hydrogen-bond acceptors (Lipinski definition) is 6. The number of anilines is 4. The fourth-order valence-electron chi connectivity index (χ4n) is 4.98. The van der Waals surface area contributed by atoms with Gasteiger partial charge in [-0.2, -0.15) is 0 Å². The smallest absolute Gasteiger partial charge is 0.329 e. The van der Waals surface area contributed by atoms with Gasteiger partial charge in [0, 0.05) is 49.8 Å². The number of amides is 2. The lowest BCUT2D eigenvalue weighted by Crippen LogP contribution is -2.48. The van der Waals surface area contributed by atoms with Gasteiger partial charge in [-0.15, -0.1) is 0 Å². The summed E-state index contributed by atoms with van der Waals surface area (Å²) >= 11 is 0. The van der Waals surface area contributed by atoms with Gasteiger partial charge >= 0.3 is 6.03 Å². The van der Waals surface area contributed by atoms with Crippen LogP contribution in [-0.4, -0.2) is 59.4 Å². The number of rotatable bonds is 3. The van der Waals surface area contributed by atoms with Crippen LogP contribution in [0.2, 0.25) is 0 Å². The van der Waals surface area contributed by atoms with Crippen molar-refractivity contribution in [3.63, 3.8) is 0 Å². The molecular weight excluding hydrogens is 421 g/mol. The molecule has 1 N–H and O–H groups in total. The fraction of sp³-hybridized carbons (Fsp3) is 0.333. The van der Waals surface area contributed by atoms with E-state index in [0.29, 0.717) is 24.6 Å². The van der Waals surface area contributed by atoms with Gasteiger partial charge in [0.15, 0.2) is 11.6 Å². The Kier molecular flexibility index (Phi) is 4.82. The molecule has 2 saturated heterocycles. The highest BCUT2D eigenvalue weighted by molar-refractivity contribution is 6.04. The van der Waals surface area contributed by atoms with Crippen LogP contribution >= 0.6 is 0 Å². The van der Waals surface area contributed by atoms with E-state index in [1.807, 2.05) is 30.3 Å². The first-order valence-corrected chi connectivity index (χ1v) is 11.3. The summed E-state index contributed by atoms with van der Waals surface area (Å²) in [5.74, 6) is 1.06. The predicted octanol–water partition coefficient (Wildman–Crippen LogP) is 3.72. The van der Waals surface area contributed by atoms with Gasteiger partial charge in [0.2, 0.25) is 0 Å². The van der Waals surface area contributed by atoms with Crippen molar-refractivity contribution < 1.29 is 9.18 Å². The van der Waals surface area contributed by atoms with Crippen LogP contribution in [0.4, 0.5) is 32.2 Å². The van der Waals surface area contributed by atoms with Crippen LogP contribution in [0.1, 0.15) is 12.8 Å². The van der Waals surface area contributed by atoms with E-state index in [4.69, 9.17) is 4.98 Å². The molecule has 2 bridgehead atoms. The van der Waals surface area contributed by atoms with Crippen LogP contribution in [0.3, 0.4) is 0 Å². The molecule has 3 aromatic rings. The molecule has 168 valence electrons. The number of urea groups is 1.